The Morgan fingerprint density at radius 1 is 1.38 bits per heavy atom. The van der Waals surface area contributed by atoms with Gasteiger partial charge in [0, 0.05) is 23.2 Å². The van der Waals surface area contributed by atoms with Gasteiger partial charge < -0.3 is 15.0 Å². The number of nitrogens with zero attached hydrogens (tertiary/aromatic N) is 2. The molecule has 2 rings (SSSR count). The van der Waals surface area contributed by atoms with Crippen molar-refractivity contribution in [2.45, 2.75) is 20.3 Å². The van der Waals surface area contributed by atoms with Gasteiger partial charge in [-0.25, -0.2) is 4.79 Å². The molecule has 0 unspecified atom stereocenters. The van der Waals surface area contributed by atoms with E-state index in [9.17, 15) is 4.79 Å². The highest BCUT2D eigenvalue weighted by Gasteiger charge is 2.18. The zero-order valence-corrected chi connectivity index (χ0v) is 15.4. The topological polar surface area (TPSA) is 54.5 Å². The number of fused-ring (bicyclic) bond motifs is 1. The molecule has 6 heteroatoms. The number of rotatable bonds is 7. The van der Waals surface area contributed by atoms with Crippen LogP contribution in [0.25, 0.3) is 10.9 Å². The Kier molecular flexibility index (Phi) is 6.40. The van der Waals surface area contributed by atoms with Crippen LogP contribution in [0.15, 0.2) is 18.3 Å². The summed E-state index contributed by atoms with van der Waals surface area (Å²) in [7, 11) is 4.08. The lowest BCUT2D eigenvalue weighted by atomic mass is 10.1. The van der Waals surface area contributed by atoms with Crippen LogP contribution in [0.2, 0.25) is 5.02 Å². The molecule has 0 amide bonds. The number of aryl methyl sites for hydroxylation is 1. The highest BCUT2D eigenvalue weighted by Crippen LogP contribution is 2.31. The maximum atomic E-state index is 12.3. The average molecular weight is 350 g/mol. The summed E-state index contributed by atoms with van der Waals surface area (Å²) < 4.78 is 5.16. The number of hydrogen-bond donors (Lipinski definition) is 1. The van der Waals surface area contributed by atoms with Crippen molar-refractivity contribution in [2.24, 2.45) is 0 Å². The van der Waals surface area contributed by atoms with E-state index in [1.807, 2.05) is 33.2 Å². The van der Waals surface area contributed by atoms with E-state index in [-0.39, 0.29) is 5.97 Å². The van der Waals surface area contributed by atoms with Crippen molar-refractivity contribution in [2.75, 3.05) is 39.1 Å². The molecule has 0 bridgehead atoms. The Morgan fingerprint density at radius 2 is 2.12 bits per heavy atom. The first-order valence-corrected chi connectivity index (χ1v) is 8.47. The lowest BCUT2D eigenvalue weighted by Gasteiger charge is -2.16. The molecule has 1 N–H and O–H groups in total. The number of halogens is 1. The van der Waals surface area contributed by atoms with Gasteiger partial charge >= 0.3 is 5.97 Å². The van der Waals surface area contributed by atoms with Crippen molar-refractivity contribution in [1.29, 1.82) is 0 Å². The molecule has 0 radical (unpaired) electrons. The van der Waals surface area contributed by atoms with Crippen LogP contribution in [0.1, 0.15) is 29.3 Å². The van der Waals surface area contributed by atoms with Gasteiger partial charge in [-0.05, 0) is 58.6 Å². The molecular formula is C18H24ClN3O2. The predicted octanol–water partition coefficient (Wildman–Crippen LogP) is 3.74. The number of anilines is 1. The first-order valence-electron chi connectivity index (χ1n) is 8.09. The first kappa shape index (κ1) is 18.5. The molecule has 1 heterocycles. The number of pyridine rings is 1. The number of hydrogen-bond acceptors (Lipinski definition) is 5. The van der Waals surface area contributed by atoms with E-state index in [1.165, 1.54) is 0 Å². The molecule has 0 aliphatic rings. The van der Waals surface area contributed by atoms with Crippen LogP contribution >= 0.6 is 11.6 Å². The van der Waals surface area contributed by atoms with Gasteiger partial charge in [0.1, 0.15) is 5.56 Å². The SMILES string of the molecule is CCOC(=O)c1cnc2c(C)c(Cl)ccc2c1NCCCN(C)C. The lowest BCUT2D eigenvalue weighted by Crippen LogP contribution is -2.18. The molecule has 0 atom stereocenters. The van der Waals surface area contributed by atoms with Crippen molar-refractivity contribution >= 4 is 34.2 Å². The molecule has 1 aromatic heterocycles. The van der Waals surface area contributed by atoms with Gasteiger partial charge in [0.25, 0.3) is 0 Å². The largest absolute Gasteiger partial charge is 0.462 e. The van der Waals surface area contributed by atoms with Crippen LogP contribution in [-0.4, -0.2) is 49.6 Å². The quantitative estimate of drug-likeness (QED) is 0.609. The second kappa shape index (κ2) is 8.31. The molecule has 0 spiro atoms. The van der Waals surface area contributed by atoms with Crippen molar-refractivity contribution in [3.8, 4) is 0 Å². The van der Waals surface area contributed by atoms with Crippen LogP contribution in [0, 0.1) is 6.92 Å². The van der Waals surface area contributed by atoms with Crippen molar-refractivity contribution < 1.29 is 9.53 Å². The third kappa shape index (κ3) is 4.16. The van der Waals surface area contributed by atoms with Crippen LogP contribution in [0.4, 0.5) is 5.69 Å². The third-order valence-electron chi connectivity index (χ3n) is 3.81. The molecule has 1 aromatic carbocycles. The van der Waals surface area contributed by atoms with E-state index < -0.39 is 0 Å². The minimum Gasteiger partial charge on any atom is -0.462 e. The maximum absolute atomic E-state index is 12.3. The van der Waals surface area contributed by atoms with E-state index in [0.29, 0.717) is 17.2 Å². The fraction of sp³-hybridized carbons (Fsp3) is 0.444. The predicted molar refractivity (Wildman–Crippen MR) is 99.1 cm³/mol. The van der Waals surface area contributed by atoms with E-state index in [0.717, 1.165) is 41.7 Å². The number of esters is 1. The monoisotopic (exact) mass is 349 g/mol. The number of carbonyl (C=O) groups is 1. The van der Waals surface area contributed by atoms with E-state index in [4.69, 9.17) is 16.3 Å². The van der Waals surface area contributed by atoms with Gasteiger partial charge in [-0.3, -0.25) is 4.98 Å². The molecule has 0 aliphatic heterocycles. The summed E-state index contributed by atoms with van der Waals surface area (Å²) in [6.07, 6.45) is 2.53. The Bertz CT molecular complexity index is 732. The number of nitrogens with one attached hydrogen (secondary N) is 1. The summed E-state index contributed by atoms with van der Waals surface area (Å²) >= 11 is 6.20. The minimum atomic E-state index is -0.366. The van der Waals surface area contributed by atoms with Gasteiger partial charge in [0.05, 0.1) is 17.8 Å². The second-order valence-corrected chi connectivity index (χ2v) is 6.33. The van der Waals surface area contributed by atoms with E-state index in [2.05, 4.69) is 15.2 Å². The number of carbonyl (C=O) groups excluding carboxylic acids is 1. The molecule has 24 heavy (non-hydrogen) atoms. The number of ether oxygens (including phenoxy) is 1. The smallest absolute Gasteiger partial charge is 0.341 e. The summed E-state index contributed by atoms with van der Waals surface area (Å²) in [5.41, 5.74) is 2.92. The Hall–Kier alpha value is -1.85. The summed E-state index contributed by atoms with van der Waals surface area (Å²) in [5, 5.41) is 4.93. The van der Waals surface area contributed by atoms with Gasteiger partial charge in [-0.15, -0.1) is 0 Å². The van der Waals surface area contributed by atoms with Gasteiger partial charge in [-0.1, -0.05) is 11.6 Å². The van der Waals surface area contributed by atoms with Gasteiger partial charge in [0.15, 0.2) is 0 Å². The summed E-state index contributed by atoms with van der Waals surface area (Å²) in [4.78, 5) is 18.8. The second-order valence-electron chi connectivity index (χ2n) is 5.92. The normalized spacial score (nSPS) is 11.1. The zero-order valence-electron chi connectivity index (χ0n) is 14.6. The van der Waals surface area contributed by atoms with E-state index >= 15 is 0 Å². The van der Waals surface area contributed by atoms with Gasteiger partial charge in [0.2, 0.25) is 0 Å². The van der Waals surface area contributed by atoms with Crippen molar-refractivity contribution in [1.82, 2.24) is 9.88 Å². The van der Waals surface area contributed by atoms with Crippen LogP contribution in [0.5, 0.6) is 0 Å². The molecule has 0 saturated heterocycles. The molecule has 2 aromatic rings. The number of aromatic nitrogens is 1. The molecule has 0 saturated carbocycles. The highest BCUT2D eigenvalue weighted by molar-refractivity contribution is 6.32. The molecule has 130 valence electrons. The summed E-state index contributed by atoms with van der Waals surface area (Å²) in [6.45, 7) is 5.77. The van der Waals surface area contributed by atoms with E-state index in [1.54, 1.807) is 13.1 Å². The Morgan fingerprint density at radius 3 is 2.79 bits per heavy atom. The number of benzene rings is 1. The zero-order chi connectivity index (χ0) is 17.7. The third-order valence-corrected chi connectivity index (χ3v) is 4.22. The van der Waals surface area contributed by atoms with Crippen LogP contribution in [-0.2, 0) is 4.74 Å². The maximum Gasteiger partial charge on any atom is 0.341 e. The molecular weight excluding hydrogens is 326 g/mol. The minimum absolute atomic E-state index is 0.330. The van der Waals surface area contributed by atoms with Crippen molar-refractivity contribution in [3.63, 3.8) is 0 Å². The highest BCUT2D eigenvalue weighted by atomic mass is 35.5. The average Bonchev–Trinajstić information content (AvgIpc) is 2.54. The molecule has 0 fully saturated rings. The fourth-order valence-corrected chi connectivity index (χ4v) is 2.70. The molecule has 5 nitrogen and oxygen atoms in total. The summed E-state index contributed by atoms with van der Waals surface area (Å²) in [5.74, 6) is -0.366. The summed E-state index contributed by atoms with van der Waals surface area (Å²) in [6, 6.07) is 3.73. The van der Waals surface area contributed by atoms with Crippen molar-refractivity contribution in [3.05, 3.63) is 34.5 Å². The fourth-order valence-electron chi connectivity index (χ4n) is 2.55. The van der Waals surface area contributed by atoms with Gasteiger partial charge in [-0.2, -0.15) is 0 Å². The lowest BCUT2D eigenvalue weighted by molar-refractivity contribution is 0.0527. The standard InChI is InChI=1S/C18H24ClN3O2/c1-5-24-18(23)14-11-21-16-12(2)15(19)8-7-13(16)17(14)20-9-6-10-22(3)4/h7-8,11H,5-6,9-10H2,1-4H3,(H,20,21). The van der Waals surface area contributed by atoms with Crippen LogP contribution in [0.3, 0.4) is 0 Å². The Balaban J connectivity index is 2.42. The van der Waals surface area contributed by atoms with Crippen LogP contribution < -0.4 is 5.32 Å². The first-order chi connectivity index (χ1) is 11.5. The molecule has 0 aliphatic carbocycles. The Labute approximate surface area is 148 Å².